The molecule has 0 radical (unpaired) electrons. The van der Waals surface area contributed by atoms with Gasteiger partial charge in [-0.15, -0.1) is 0 Å². The standard InChI is InChI=1S/C10H14ClN3/c11-8-1-4-10(14-7-8)13-6-5-12-9-2-3-9/h1,4,7,9,12H,2-3,5-6H2,(H,13,14). The topological polar surface area (TPSA) is 37.0 Å². The number of nitrogens with zero attached hydrogens (tertiary/aromatic N) is 1. The van der Waals surface area contributed by atoms with Crippen molar-refractivity contribution < 1.29 is 0 Å². The molecule has 1 aromatic heterocycles. The second kappa shape index (κ2) is 4.62. The molecule has 0 bridgehead atoms. The fourth-order valence-electron chi connectivity index (χ4n) is 1.23. The van der Waals surface area contributed by atoms with Crippen LogP contribution in [0, 0.1) is 0 Å². The van der Waals surface area contributed by atoms with Gasteiger partial charge in [-0.05, 0) is 25.0 Å². The van der Waals surface area contributed by atoms with Crippen LogP contribution in [0.2, 0.25) is 5.02 Å². The van der Waals surface area contributed by atoms with E-state index < -0.39 is 0 Å². The van der Waals surface area contributed by atoms with Gasteiger partial charge in [0, 0.05) is 25.3 Å². The number of pyridine rings is 1. The Morgan fingerprint density at radius 2 is 2.21 bits per heavy atom. The Bertz CT molecular complexity index is 282. The molecule has 0 aliphatic heterocycles. The first-order valence-corrected chi connectivity index (χ1v) is 5.31. The largest absolute Gasteiger partial charge is 0.369 e. The molecule has 14 heavy (non-hydrogen) atoms. The van der Waals surface area contributed by atoms with E-state index in [2.05, 4.69) is 15.6 Å². The molecule has 0 saturated heterocycles. The predicted octanol–water partition coefficient (Wildman–Crippen LogP) is 1.90. The van der Waals surface area contributed by atoms with Gasteiger partial charge in [0.25, 0.3) is 0 Å². The van der Waals surface area contributed by atoms with E-state index in [4.69, 9.17) is 11.6 Å². The van der Waals surface area contributed by atoms with Crippen molar-refractivity contribution in [2.45, 2.75) is 18.9 Å². The number of aromatic nitrogens is 1. The fraction of sp³-hybridized carbons (Fsp3) is 0.500. The summed E-state index contributed by atoms with van der Waals surface area (Å²) in [5.74, 6) is 0.881. The van der Waals surface area contributed by atoms with E-state index in [1.807, 2.05) is 12.1 Å². The molecule has 1 fully saturated rings. The number of nitrogens with one attached hydrogen (secondary N) is 2. The Labute approximate surface area is 88.9 Å². The summed E-state index contributed by atoms with van der Waals surface area (Å²) < 4.78 is 0. The van der Waals surface area contributed by atoms with Gasteiger partial charge in [-0.25, -0.2) is 4.98 Å². The normalized spacial score (nSPS) is 15.5. The Morgan fingerprint density at radius 3 is 2.86 bits per heavy atom. The highest BCUT2D eigenvalue weighted by atomic mass is 35.5. The van der Waals surface area contributed by atoms with Crippen LogP contribution in [-0.2, 0) is 0 Å². The monoisotopic (exact) mass is 211 g/mol. The summed E-state index contributed by atoms with van der Waals surface area (Å²) in [5, 5.41) is 7.32. The molecule has 4 heteroatoms. The number of rotatable bonds is 5. The molecule has 2 N–H and O–H groups in total. The Morgan fingerprint density at radius 1 is 1.36 bits per heavy atom. The zero-order valence-electron chi connectivity index (χ0n) is 7.96. The summed E-state index contributed by atoms with van der Waals surface area (Å²) in [6, 6.07) is 4.50. The van der Waals surface area contributed by atoms with Crippen molar-refractivity contribution in [3.05, 3.63) is 23.4 Å². The third-order valence-corrected chi connectivity index (χ3v) is 2.39. The van der Waals surface area contributed by atoms with Crippen LogP contribution >= 0.6 is 11.6 Å². The lowest BCUT2D eigenvalue weighted by atomic mass is 10.4. The van der Waals surface area contributed by atoms with Crippen LogP contribution in [0.5, 0.6) is 0 Å². The molecular formula is C10H14ClN3. The second-order valence-electron chi connectivity index (χ2n) is 3.52. The maximum atomic E-state index is 5.72. The Hall–Kier alpha value is -0.800. The highest BCUT2D eigenvalue weighted by molar-refractivity contribution is 6.30. The fourth-order valence-corrected chi connectivity index (χ4v) is 1.35. The summed E-state index contributed by atoms with van der Waals surface area (Å²) in [6.45, 7) is 1.90. The molecule has 1 aromatic rings. The molecule has 0 unspecified atom stereocenters. The van der Waals surface area contributed by atoms with Crippen molar-refractivity contribution in [2.75, 3.05) is 18.4 Å². The van der Waals surface area contributed by atoms with Crippen LogP contribution in [0.4, 0.5) is 5.82 Å². The van der Waals surface area contributed by atoms with Gasteiger partial charge in [0.2, 0.25) is 0 Å². The Kier molecular flexibility index (Phi) is 3.22. The van der Waals surface area contributed by atoms with Gasteiger partial charge in [-0.3, -0.25) is 0 Å². The van der Waals surface area contributed by atoms with Gasteiger partial charge in [0.05, 0.1) is 5.02 Å². The highest BCUT2D eigenvalue weighted by Crippen LogP contribution is 2.17. The minimum absolute atomic E-state index is 0.673. The summed E-state index contributed by atoms with van der Waals surface area (Å²) in [6.07, 6.45) is 4.32. The van der Waals surface area contributed by atoms with E-state index in [9.17, 15) is 0 Å². The molecule has 76 valence electrons. The first kappa shape index (κ1) is 9.74. The van der Waals surface area contributed by atoms with Crippen LogP contribution < -0.4 is 10.6 Å². The van der Waals surface area contributed by atoms with Crippen LogP contribution in [0.3, 0.4) is 0 Å². The zero-order valence-corrected chi connectivity index (χ0v) is 8.72. The number of hydrogen-bond acceptors (Lipinski definition) is 3. The molecule has 0 aromatic carbocycles. The number of hydrogen-bond donors (Lipinski definition) is 2. The SMILES string of the molecule is Clc1ccc(NCCNC2CC2)nc1. The highest BCUT2D eigenvalue weighted by Gasteiger charge is 2.19. The van der Waals surface area contributed by atoms with E-state index in [0.717, 1.165) is 24.9 Å². The zero-order chi connectivity index (χ0) is 9.80. The van der Waals surface area contributed by atoms with Crippen LogP contribution in [0.25, 0.3) is 0 Å². The smallest absolute Gasteiger partial charge is 0.126 e. The van der Waals surface area contributed by atoms with Crippen LogP contribution in [-0.4, -0.2) is 24.1 Å². The van der Waals surface area contributed by atoms with Crippen LogP contribution in [0.1, 0.15) is 12.8 Å². The lowest BCUT2D eigenvalue weighted by Gasteiger charge is -2.05. The third-order valence-electron chi connectivity index (χ3n) is 2.17. The average Bonchev–Trinajstić information content (AvgIpc) is 2.99. The van der Waals surface area contributed by atoms with Crippen molar-refractivity contribution in [1.82, 2.24) is 10.3 Å². The van der Waals surface area contributed by atoms with Gasteiger partial charge >= 0.3 is 0 Å². The van der Waals surface area contributed by atoms with E-state index in [1.165, 1.54) is 12.8 Å². The van der Waals surface area contributed by atoms with Gasteiger partial charge in [-0.1, -0.05) is 11.6 Å². The predicted molar refractivity (Wildman–Crippen MR) is 58.8 cm³/mol. The van der Waals surface area contributed by atoms with Gasteiger partial charge in [0.15, 0.2) is 0 Å². The number of anilines is 1. The summed E-state index contributed by atoms with van der Waals surface area (Å²) >= 11 is 5.72. The maximum Gasteiger partial charge on any atom is 0.126 e. The molecule has 1 saturated carbocycles. The Balaban J connectivity index is 1.66. The van der Waals surface area contributed by atoms with Crippen molar-refractivity contribution >= 4 is 17.4 Å². The molecular weight excluding hydrogens is 198 g/mol. The minimum Gasteiger partial charge on any atom is -0.369 e. The molecule has 0 spiro atoms. The van der Waals surface area contributed by atoms with Gasteiger partial charge < -0.3 is 10.6 Å². The maximum absolute atomic E-state index is 5.72. The van der Waals surface area contributed by atoms with Gasteiger partial charge in [0.1, 0.15) is 5.82 Å². The molecule has 1 aliphatic carbocycles. The molecule has 3 nitrogen and oxygen atoms in total. The van der Waals surface area contributed by atoms with E-state index in [-0.39, 0.29) is 0 Å². The van der Waals surface area contributed by atoms with E-state index in [0.29, 0.717) is 5.02 Å². The molecule has 1 aliphatic rings. The third kappa shape index (κ3) is 3.16. The lowest BCUT2D eigenvalue weighted by molar-refractivity contribution is 0.700. The molecule has 0 atom stereocenters. The first-order chi connectivity index (χ1) is 6.84. The van der Waals surface area contributed by atoms with Crippen molar-refractivity contribution in [3.8, 4) is 0 Å². The summed E-state index contributed by atoms with van der Waals surface area (Å²) in [5.41, 5.74) is 0. The first-order valence-electron chi connectivity index (χ1n) is 4.93. The second-order valence-corrected chi connectivity index (χ2v) is 3.95. The van der Waals surface area contributed by atoms with E-state index >= 15 is 0 Å². The minimum atomic E-state index is 0.673. The number of halogens is 1. The average molecular weight is 212 g/mol. The molecule has 1 heterocycles. The van der Waals surface area contributed by atoms with Crippen molar-refractivity contribution in [1.29, 1.82) is 0 Å². The van der Waals surface area contributed by atoms with Crippen molar-refractivity contribution in [3.63, 3.8) is 0 Å². The molecule has 2 rings (SSSR count). The lowest BCUT2D eigenvalue weighted by Crippen LogP contribution is -2.24. The van der Waals surface area contributed by atoms with Crippen LogP contribution in [0.15, 0.2) is 18.3 Å². The van der Waals surface area contributed by atoms with Crippen molar-refractivity contribution in [2.24, 2.45) is 0 Å². The summed E-state index contributed by atoms with van der Waals surface area (Å²) in [7, 11) is 0. The quantitative estimate of drug-likeness (QED) is 0.731. The van der Waals surface area contributed by atoms with E-state index in [1.54, 1.807) is 6.20 Å². The molecule has 0 amide bonds. The van der Waals surface area contributed by atoms with Gasteiger partial charge in [-0.2, -0.15) is 0 Å². The summed E-state index contributed by atoms with van der Waals surface area (Å²) in [4.78, 5) is 4.14.